The first kappa shape index (κ1) is 19.6. The van der Waals surface area contributed by atoms with Gasteiger partial charge in [0.25, 0.3) is 0 Å². The van der Waals surface area contributed by atoms with Crippen LogP contribution in [0, 0.1) is 0 Å². The number of benzene rings is 1. The maximum atomic E-state index is 6.49. The van der Waals surface area contributed by atoms with E-state index in [1.807, 2.05) is 30.3 Å². The molecule has 0 saturated carbocycles. The van der Waals surface area contributed by atoms with Crippen LogP contribution in [0.2, 0.25) is 51.9 Å². The Bertz CT molecular complexity index is 422. The van der Waals surface area contributed by atoms with Crippen molar-refractivity contribution >= 4 is 25.2 Å². The summed E-state index contributed by atoms with van der Waals surface area (Å²) in [4.78, 5) is 0. The minimum Gasteiger partial charge on any atom is -0.494 e. The highest BCUT2D eigenvalue weighted by molar-refractivity contribution is 6.87. The maximum absolute atomic E-state index is 6.49. The molecule has 1 aromatic rings. The largest absolute Gasteiger partial charge is 0.494 e. The van der Waals surface area contributed by atoms with Gasteiger partial charge in [0, 0.05) is 0 Å². The van der Waals surface area contributed by atoms with Crippen molar-refractivity contribution in [1.29, 1.82) is 0 Å². The van der Waals surface area contributed by atoms with Gasteiger partial charge in [0.15, 0.2) is 16.6 Å². The van der Waals surface area contributed by atoms with Crippen LogP contribution in [0.3, 0.4) is 0 Å². The van der Waals surface area contributed by atoms with Crippen LogP contribution in [0.15, 0.2) is 30.3 Å². The Morgan fingerprint density at radius 2 is 1.27 bits per heavy atom. The van der Waals surface area contributed by atoms with Crippen LogP contribution in [0.5, 0.6) is 5.75 Å². The Morgan fingerprint density at radius 1 is 0.773 bits per heavy atom. The second kappa shape index (κ2) is 7.92. The first-order valence-electron chi connectivity index (χ1n) is 8.07. The predicted octanol–water partition coefficient (Wildman–Crippen LogP) is 5.23. The Balaban J connectivity index is 2.53. The van der Waals surface area contributed by atoms with E-state index in [2.05, 4.69) is 45.8 Å². The Hall–Kier alpha value is -0.409. The molecule has 0 bridgehead atoms. The molecule has 0 atom stereocenters. The molecule has 22 heavy (non-hydrogen) atoms. The molecule has 3 nitrogen and oxygen atoms in total. The third-order valence-corrected chi connectivity index (χ3v) is 12.4. The van der Waals surface area contributed by atoms with E-state index < -0.39 is 25.2 Å². The predicted molar refractivity (Wildman–Crippen MR) is 102 cm³/mol. The average Bonchev–Trinajstić information content (AvgIpc) is 2.31. The summed E-state index contributed by atoms with van der Waals surface area (Å²) in [5, 5.41) is 0. The van der Waals surface area contributed by atoms with Crippen molar-refractivity contribution in [3.05, 3.63) is 30.3 Å². The fourth-order valence-corrected chi connectivity index (χ4v) is 15.0. The zero-order valence-electron chi connectivity index (χ0n) is 15.2. The molecule has 126 valence electrons. The first-order valence-corrected chi connectivity index (χ1v) is 17.4. The van der Waals surface area contributed by atoms with Crippen molar-refractivity contribution < 1.29 is 13.0 Å². The topological polar surface area (TPSA) is 27.7 Å². The number of para-hydroxylation sites is 1. The third kappa shape index (κ3) is 8.89. The van der Waals surface area contributed by atoms with Gasteiger partial charge < -0.3 is 13.0 Å². The summed E-state index contributed by atoms with van der Waals surface area (Å²) < 4.78 is 18.8. The molecule has 0 heterocycles. The van der Waals surface area contributed by atoms with Crippen molar-refractivity contribution in [1.82, 2.24) is 0 Å². The minimum atomic E-state index is -2.11. The number of ether oxygens (including phenoxy) is 1. The summed E-state index contributed by atoms with van der Waals surface area (Å²) >= 11 is 0. The highest BCUT2D eigenvalue weighted by atomic mass is 28.5. The van der Waals surface area contributed by atoms with Gasteiger partial charge in [-0.25, -0.2) is 0 Å². The molecule has 0 aliphatic heterocycles. The van der Waals surface area contributed by atoms with E-state index in [9.17, 15) is 0 Å². The highest BCUT2D eigenvalue weighted by Crippen LogP contribution is 2.25. The van der Waals surface area contributed by atoms with Crippen molar-refractivity contribution in [2.45, 2.75) is 58.3 Å². The van der Waals surface area contributed by atoms with Gasteiger partial charge in [0.2, 0.25) is 0 Å². The van der Waals surface area contributed by atoms with Crippen LogP contribution in [0.1, 0.15) is 6.42 Å². The molecular formula is C16H32O3Si3. The van der Waals surface area contributed by atoms with Crippen LogP contribution in [0.25, 0.3) is 0 Å². The maximum Gasteiger partial charge on any atom is 0.314 e. The quantitative estimate of drug-likeness (QED) is 0.448. The van der Waals surface area contributed by atoms with Gasteiger partial charge in [-0.1, -0.05) is 18.2 Å². The smallest absolute Gasteiger partial charge is 0.314 e. The lowest BCUT2D eigenvalue weighted by atomic mass is 10.3. The Kier molecular flexibility index (Phi) is 7.07. The van der Waals surface area contributed by atoms with E-state index in [0.29, 0.717) is 0 Å². The zero-order valence-corrected chi connectivity index (χ0v) is 18.2. The van der Waals surface area contributed by atoms with Crippen LogP contribution in [0.4, 0.5) is 0 Å². The van der Waals surface area contributed by atoms with Crippen LogP contribution in [-0.2, 0) is 8.23 Å². The van der Waals surface area contributed by atoms with E-state index in [0.717, 1.165) is 24.8 Å². The van der Waals surface area contributed by atoms with Gasteiger partial charge in [-0.3, -0.25) is 0 Å². The summed E-state index contributed by atoms with van der Waals surface area (Å²) in [5.41, 5.74) is 0. The molecule has 1 rings (SSSR count). The normalized spacial score (nSPS) is 13.2. The molecule has 0 aromatic heterocycles. The highest BCUT2D eigenvalue weighted by Gasteiger charge is 2.39. The monoisotopic (exact) mass is 356 g/mol. The molecule has 0 aliphatic rings. The molecule has 6 heteroatoms. The second-order valence-electron chi connectivity index (χ2n) is 7.83. The van der Waals surface area contributed by atoms with Crippen molar-refractivity contribution in [3.8, 4) is 5.75 Å². The van der Waals surface area contributed by atoms with Gasteiger partial charge in [-0.2, -0.15) is 0 Å². The minimum absolute atomic E-state index is 0.719. The molecule has 0 amide bonds. The standard InChI is InChI=1S/C16H32O3Si3/c1-20(2,3)18-22(7,19-21(4,5)6)15-11-14-17-16-12-9-8-10-13-16/h8-10,12-13H,11,14-15H2,1-7H3. The summed E-state index contributed by atoms with van der Waals surface area (Å²) in [6.07, 6.45) is 0.979. The molecule has 0 spiro atoms. The van der Waals surface area contributed by atoms with E-state index in [1.165, 1.54) is 0 Å². The number of hydrogen-bond donors (Lipinski definition) is 0. The van der Waals surface area contributed by atoms with E-state index in [4.69, 9.17) is 13.0 Å². The van der Waals surface area contributed by atoms with E-state index in [1.54, 1.807) is 0 Å². The molecule has 0 fully saturated rings. The van der Waals surface area contributed by atoms with Crippen molar-refractivity contribution in [2.24, 2.45) is 0 Å². The molecule has 0 radical (unpaired) electrons. The van der Waals surface area contributed by atoms with Gasteiger partial charge in [0.05, 0.1) is 6.61 Å². The lowest BCUT2D eigenvalue weighted by Gasteiger charge is -2.38. The van der Waals surface area contributed by atoms with E-state index >= 15 is 0 Å². The zero-order chi connectivity index (χ0) is 16.9. The molecule has 0 N–H and O–H groups in total. The number of rotatable bonds is 9. The number of hydrogen-bond acceptors (Lipinski definition) is 3. The summed E-state index contributed by atoms with van der Waals surface area (Å²) in [7, 11) is -5.31. The molecule has 0 saturated heterocycles. The Labute approximate surface area is 139 Å². The van der Waals surface area contributed by atoms with Gasteiger partial charge in [0.1, 0.15) is 5.75 Å². The SMILES string of the molecule is C[Si](C)(C)O[Si](C)(CCCOc1ccccc1)O[Si](C)(C)C. The van der Waals surface area contributed by atoms with Gasteiger partial charge in [-0.05, 0) is 70.4 Å². The lowest BCUT2D eigenvalue weighted by Crippen LogP contribution is -2.52. The molecule has 1 aromatic carbocycles. The molecule has 0 unspecified atom stereocenters. The third-order valence-electron chi connectivity index (χ3n) is 2.83. The fourth-order valence-electron chi connectivity index (χ4n) is 2.52. The van der Waals surface area contributed by atoms with Crippen LogP contribution < -0.4 is 4.74 Å². The lowest BCUT2D eigenvalue weighted by molar-refractivity contribution is 0.306. The van der Waals surface area contributed by atoms with Crippen molar-refractivity contribution in [2.75, 3.05) is 6.61 Å². The first-order chi connectivity index (χ1) is 9.99. The fraction of sp³-hybridized carbons (Fsp3) is 0.625. The van der Waals surface area contributed by atoms with Crippen LogP contribution in [-0.4, -0.2) is 31.8 Å². The van der Waals surface area contributed by atoms with Gasteiger partial charge in [-0.15, -0.1) is 0 Å². The summed E-state index contributed by atoms with van der Waals surface area (Å²) in [6, 6.07) is 11.0. The Morgan fingerprint density at radius 3 is 1.73 bits per heavy atom. The second-order valence-corrected chi connectivity index (χ2v) is 20.7. The summed E-state index contributed by atoms with van der Waals surface area (Å²) in [6.45, 7) is 16.4. The van der Waals surface area contributed by atoms with E-state index in [-0.39, 0.29) is 0 Å². The van der Waals surface area contributed by atoms with Crippen molar-refractivity contribution in [3.63, 3.8) is 0 Å². The van der Waals surface area contributed by atoms with Crippen LogP contribution >= 0.6 is 0 Å². The summed E-state index contributed by atoms with van der Waals surface area (Å²) in [5.74, 6) is 0.933. The molecule has 0 aliphatic carbocycles. The molecular weight excluding hydrogens is 324 g/mol. The van der Waals surface area contributed by atoms with Gasteiger partial charge >= 0.3 is 8.56 Å². The average molecular weight is 357 g/mol.